The summed E-state index contributed by atoms with van der Waals surface area (Å²) < 4.78 is 62.2. The van der Waals surface area contributed by atoms with E-state index in [1.54, 1.807) is 0 Å². The minimum absolute atomic E-state index is 0.00484. The van der Waals surface area contributed by atoms with Crippen LogP contribution in [0.25, 0.3) is 0 Å². The molecule has 0 aliphatic carbocycles. The van der Waals surface area contributed by atoms with Crippen LogP contribution in [-0.2, 0) is 0 Å². The summed E-state index contributed by atoms with van der Waals surface area (Å²) in [7, 11) is -10.7. The van der Waals surface area contributed by atoms with Crippen molar-refractivity contribution >= 4 is 7.81 Å². The SMILES string of the molecule is Cc1cccc([I+]c2cccc(C)c2)c1.F[P-](F)(F)(F)(F)F. The van der Waals surface area contributed by atoms with E-state index in [-0.39, 0.29) is 21.2 Å². The van der Waals surface area contributed by atoms with Crippen LogP contribution in [0.4, 0.5) is 25.2 Å². The van der Waals surface area contributed by atoms with Gasteiger partial charge in [-0.15, -0.1) is 0 Å². The fourth-order valence-electron chi connectivity index (χ4n) is 1.45. The summed E-state index contributed by atoms with van der Waals surface area (Å²) in [6.07, 6.45) is 0. The van der Waals surface area contributed by atoms with Gasteiger partial charge < -0.3 is 0 Å². The first-order chi connectivity index (χ1) is 9.69. The molecule has 0 radical (unpaired) electrons. The second-order valence-corrected chi connectivity index (χ2v) is 9.60. The molecule has 0 bridgehead atoms. The van der Waals surface area contributed by atoms with E-state index < -0.39 is 7.81 Å². The van der Waals surface area contributed by atoms with Crippen LogP contribution >= 0.6 is 7.81 Å². The maximum absolute atomic E-state index is 10.7. The predicted octanol–water partition coefficient (Wildman–Crippen LogP) is 3.81. The Hall–Kier alpha value is -0.820. The van der Waals surface area contributed by atoms with Crippen molar-refractivity contribution in [3.05, 3.63) is 66.8 Å². The van der Waals surface area contributed by atoms with Gasteiger partial charge in [-0.1, -0.05) is 24.3 Å². The fraction of sp³-hybridized carbons (Fsp3) is 0.143. The molecule has 2 aromatic carbocycles. The molecule has 0 nitrogen and oxygen atoms in total. The monoisotopic (exact) mass is 454 g/mol. The number of aryl methyl sites for hydroxylation is 2. The van der Waals surface area contributed by atoms with Gasteiger partial charge in [-0.2, -0.15) is 0 Å². The summed E-state index contributed by atoms with van der Waals surface area (Å²) >= 11 is -0.00484. The molecule has 8 heteroatoms. The van der Waals surface area contributed by atoms with Gasteiger partial charge in [0.2, 0.25) is 0 Å². The van der Waals surface area contributed by atoms with Gasteiger partial charge in [0, 0.05) is 0 Å². The van der Waals surface area contributed by atoms with Crippen LogP contribution in [0, 0.1) is 21.0 Å². The fourth-order valence-corrected chi connectivity index (χ4v) is 4.24. The van der Waals surface area contributed by atoms with Gasteiger partial charge in [0.05, 0.1) is 0 Å². The van der Waals surface area contributed by atoms with Crippen LogP contribution in [0.1, 0.15) is 11.1 Å². The average molecular weight is 454 g/mol. The third kappa shape index (κ3) is 11.8. The molecule has 2 rings (SSSR count). The van der Waals surface area contributed by atoms with Crippen molar-refractivity contribution in [2.45, 2.75) is 13.8 Å². The molecule has 2 aromatic rings. The van der Waals surface area contributed by atoms with Gasteiger partial charge in [0.15, 0.2) is 7.14 Å². The second kappa shape index (κ2) is 6.00. The van der Waals surface area contributed by atoms with E-state index in [9.17, 15) is 25.2 Å². The third-order valence-corrected chi connectivity index (χ3v) is 4.77. The molecule has 0 saturated carbocycles. The quantitative estimate of drug-likeness (QED) is 0.368. The molecule has 124 valence electrons. The van der Waals surface area contributed by atoms with Crippen LogP contribution in [0.3, 0.4) is 0 Å². The molecular formula is C14H14F6IP. The van der Waals surface area contributed by atoms with Crippen LogP contribution in [0.15, 0.2) is 48.5 Å². The van der Waals surface area contributed by atoms with Crippen molar-refractivity contribution in [1.29, 1.82) is 0 Å². The first kappa shape index (κ1) is 19.2. The summed E-state index contributed by atoms with van der Waals surface area (Å²) in [5, 5.41) is 0. The van der Waals surface area contributed by atoms with Crippen molar-refractivity contribution in [3.8, 4) is 0 Å². The summed E-state index contributed by atoms with van der Waals surface area (Å²) in [6, 6.07) is 17.7. The van der Waals surface area contributed by atoms with E-state index in [4.69, 9.17) is 0 Å². The Balaban J connectivity index is 0.000000295. The van der Waals surface area contributed by atoms with Crippen LogP contribution in [0.5, 0.6) is 0 Å². The molecule has 22 heavy (non-hydrogen) atoms. The number of benzene rings is 2. The van der Waals surface area contributed by atoms with Crippen LogP contribution in [-0.4, -0.2) is 0 Å². The summed E-state index contributed by atoms with van der Waals surface area (Å²) in [5.41, 5.74) is 2.72. The van der Waals surface area contributed by atoms with Crippen LogP contribution < -0.4 is 21.2 Å². The zero-order valence-electron chi connectivity index (χ0n) is 11.7. The standard InChI is InChI=1S/C14H14I.F6P/c1-11-5-3-7-13(9-11)15-14-8-4-6-12(2)10-14;1-7(2,3,4,5)6/h3-10H,1-2H3;/q+1;-1. The van der Waals surface area contributed by atoms with Gasteiger partial charge in [0.25, 0.3) is 0 Å². The van der Waals surface area contributed by atoms with Crippen molar-refractivity contribution in [2.24, 2.45) is 0 Å². The second-order valence-electron chi connectivity index (χ2n) is 4.65. The average Bonchev–Trinajstić information content (AvgIpc) is 2.24. The van der Waals surface area contributed by atoms with E-state index in [0.29, 0.717) is 0 Å². The van der Waals surface area contributed by atoms with Gasteiger partial charge in [-0.3, -0.25) is 0 Å². The summed E-state index contributed by atoms with van der Waals surface area (Å²) in [6.45, 7) is 4.31. The maximum atomic E-state index is 9.87. The normalized spacial score (nSPS) is 14.4. The molecule has 0 spiro atoms. The van der Waals surface area contributed by atoms with Gasteiger partial charge in [0.1, 0.15) is 0 Å². The summed E-state index contributed by atoms with van der Waals surface area (Å²) in [4.78, 5) is 0. The predicted molar refractivity (Wildman–Crippen MR) is 73.3 cm³/mol. The Morgan fingerprint density at radius 2 is 1.00 bits per heavy atom. The number of halogens is 7. The first-order valence-corrected chi connectivity index (χ1v) is 10.2. The zero-order chi connectivity index (χ0) is 17.1. The van der Waals surface area contributed by atoms with Crippen molar-refractivity contribution in [2.75, 3.05) is 0 Å². The zero-order valence-corrected chi connectivity index (χ0v) is 14.8. The topological polar surface area (TPSA) is 0 Å². The van der Waals surface area contributed by atoms with Gasteiger partial charge in [-0.25, -0.2) is 0 Å². The summed E-state index contributed by atoms with van der Waals surface area (Å²) in [5.74, 6) is 0. The molecule has 0 aromatic heterocycles. The third-order valence-electron chi connectivity index (χ3n) is 2.18. The molecule has 0 N–H and O–H groups in total. The molecule has 0 aliphatic heterocycles. The van der Waals surface area contributed by atoms with Crippen LogP contribution in [0.2, 0.25) is 0 Å². The van der Waals surface area contributed by atoms with E-state index in [1.807, 2.05) is 0 Å². The van der Waals surface area contributed by atoms with E-state index >= 15 is 0 Å². The Bertz CT molecular complexity index is 596. The molecule has 0 atom stereocenters. The van der Waals surface area contributed by atoms with E-state index in [0.717, 1.165) is 0 Å². The Morgan fingerprint density at radius 1 is 0.682 bits per heavy atom. The van der Waals surface area contributed by atoms with E-state index in [1.165, 1.54) is 18.3 Å². The molecule has 0 heterocycles. The number of hydrogen-bond acceptors (Lipinski definition) is 0. The molecule has 0 unspecified atom stereocenters. The molecule has 0 amide bonds. The first-order valence-electron chi connectivity index (χ1n) is 6.03. The number of rotatable bonds is 2. The van der Waals surface area contributed by atoms with E-state index in [2.05, 4.69) is 62.4 Å². The van der Waals surface area contributed by atoms with Crippen molar-refractivity contribution in [3.63, 3.8) is 0 Å². The van der Waals surface area contributed by atoms with Crippen molar-refractivity contribution < 1.29 is 46.4 Å². The molecule has 0 aliphatic rings. The Morgan fingerprint density at radius 3 is 1.27 bits per heavy atom. The van der Waals surface area contributed by atoms with Gasteiger partial charge >= 0.3 is 54.2 Å². The molecular weight excluding hydrogens is 440 g/mol. The molecule has 0 fully saturated rings. The minimum atomic E-state index is -10.7. The molecule has 0 saturated heterocycles. The Labute approximate surface area is 135 Å². The number of hydrogen-bond donors (Lipinski definition) is 0. The van der Waals surface area contributed by atoms with Gasteiger partial charge in [-0.05, 0) is 49.2 Å². The van der Waals surface area contributed by atoms with Crippen molar-refractivity contribution in [1.82, 2.24) is 0 Å². The Kier molecular flexibility index (Phi) is 5.24.